The molecular weight excluding hydrogens is 960 g/mol. The number of aliphatic hydroxyl groups excluding tert-OH is 1. The van der Waals surface area contributed by atoms with Crippen molar-refractivity contribution in [2.45, 2.75) is 96.5 Å². The topological polar surface area (TPSA) is 76.1 Å². The van der Waals surface area contributed by atoms with Gasteiger partial charge in [-0.1, -0.05) is 58.4 Å². The van der Waals surface area contributed by atoms with E-state index in [1.54, 1.807) is 6.07 Å². The summed E-state index contributed by atoms with van der Waals surface area (Å²) in [5, 5.41) is 12.4. The Morgan fingerprint density at radius 1 is 0.772 bits per heavy atom. The van der Waals surface area contributed by atoms with Crippen molar-refractivity contribution < 1.29 is 79.9 Å². The number of fused-ring (bicyclic) bond motifs is 1. The highest BCUT2D eigenvalue weighted by molar-refractivity contribution is 7.91. The van der Waals surface area contributed by atoms with E-state index in [2.05, 4.69) is 54.2 Å². The molecule has 1 aliphatic rings. The summed E-state index contributed by atoms with van der Waals surface area (Å²) in [5.41, 5.74) is 2.94. The number of aliphatic hydroxyl groups is 1. The van der Waals surface area contributed by atoms with Gasteiger partial charge in [0.15, 0.2) is 9.84 Å². The molecule has 1 aliphatic heterocycles. The van der Waals surface area contributed by atoms with E-state index in [0.717, 1.165) is 77.3 Å². The van der Waals surface area contributed by atoms with Crippen molar-refractivity contribution >= 4 is 15.5 Å². The standard InChI is InChI=1S/C45H71N3O5S.CH4.2HI/c1-10-12-25-45(11-2)35-54(50,51)42-24-23-38(46(4)5)34-41(42)43(44(45)49)37-20-18-22-40(33-37)53-31-29-48(8,9)27-16-14-13-15-26-47(6,7)28-30-52-39-21-17-19-36(3)32-39;;;/h17-24,32-34,43-44,49H,10-16,25-31,35H2,1-9H3;1H4;2*1H/q+2;;;/p-2/t43-,44-,45-;;;/m1.../s1. The van der Waals surface area contributed by atoms with Crippen LogP contribution in [0.3, 0.4) is 0 Å². The highest BCUT2D eigenvalue weighted by Crippen LogP contribution is 2.49. The SMILES string of the molecule is C.CCCC[C@]1(CC)CS(=O)(=O)c2ccc(N(C)C)cc2[C@@H](c2cccc(OCC[N+](C)(C)CCCCCC[N+](C)(C)CCOc3cccc(C)c3)c2)[C@H]1O.[I-].[I-]. The van der Waals surface area contributed by atoms with Crippen molar-refractivity contribution in [1.82, 2.24) is 0 Å². The van der Waals surface area contributed by atoms with Gasteiger partial charge in [-0.3, -0.25) is 0 Å². The molecule has 0 fully saturated rings. The maximum Gasteiger partial charge on any atom is 0.179 e. The highest BCUT2D eigenvalue weighted by Gasteiger charge is 2.49. The summed E-state index contributed by atoms with van der Waals surface area (Å²) in [6.07, 6.45) is 7.04. The lowest BCUT2D eigenvalue weighted by molar-refractivity contribution is -0.891. The van der Waals surface area contributed by atoms with Crippen LogP contribution in [0.25, 0.3) is 0 Å². The van der Waals surface area contributed by atoms with Crippen molar-refractivity contribution in [2.24, 2.45) is 5.41 Å². The van der Waals surface area contributed by atoms with E-state index in [1.807, 2.05) is 74.4 Å². The van der Waals surface area contributed by atoms with Crippen molar-refractivity contribution in [1.29, 1.82) is 0 Å². The van der Waals surface area contributed by atoms with E-state index in [-0.39, 0.29) is 61.1 Å². The predicted molar refractivity (Wildman–Crippen MR) is 230 cm³/mol. The lowest BCUT2D eigenvalue weighted by Gasteiger charge is -2.39. The Labute approximate surface area is 381 Å². The number of nitrogens with zero attached hydrogens (tertiary/aromatic N) is 3. The molecule has 0 bridgehead atoms. The second kappa shape index (κ2) is 24.0. The Kier molecular flexibility index (Phi) is 22.4. The van der Waals surface area contributed by atoms with Gasteiger partial charge in [-0.25, -0.2) is 8.42 Å². The van der Waals surface area contributed by atoms with Gasteiger partial charge in [-0.2, -0.15) is 0 Å². The Bertz CT molecular complexity index is 1750. The van der Waals surface area contributed by atoms with Crippen LogP contribution in [0, 0.1) is 12.3 Å². The number of anilines is 1. The third kappa shape index (κ3) is 15.4. The van der Waals surface area contributed by atoms with Crippen LogP contribution < -0.4 is 62.3 Å². The molecular formula is C46H75I2N3O5S. The molecule has 4 rings (SSSR count). The lowest BCUT2D eigenvalue weighted by atomic mass is 9.69. The molecule has 57 heavy (non-hydrogen) atoms. The summed E-state index contributed by atoms with van der Waals surface area (Å²) in [4.78, 5) is 2.32. The fourth-order valence-electron chi connectivity index (χ4n) is 7.99. The molecule has 1 N–H and O–H groups in total. The smallest absolute Gasteiger partial charge is 0.179 e. The number of ether oxygens (including phenoxy) is 2. The van der Waals surface area contributed by atoms with Gasteiger partial charge in [-0.05, 0) is 105 Å². The van der Waals surface area contributed by atoms with Gasteiger partial charge >= 0.3 is 0 Å². The third-order valence-corrected chi connectivity index (χ3v) is 13.7. The highest BCUT2D eigenvalue weighted by atomic mass is 127. The molecule has 324 valence electrons. The van der Waals surface area contributed by atoms with Crippen molar-refractivity contribution in [3.05, 3.63) is 83.4 Å². The fraction of sp³-hybridized carbons (Fsp3) is 0.609. The molecule has 0 saturated heterocycles. The van der Waals surface area contributed by atoms with Gasteiger partial charge in [0.1, 0.15) is 37.8 Å². The molecule has 0 saturated carbocycles. The first kappa shape index (κ1) is 53.4. The summed E-state index contributed by atoms with van der Waals surface area (Å²) in [7, 11) is 9.41. The molecule has 0 spiro atoms. The Morgan fingerprint density at radius 2 is 1.33 bits per heavy atom. The van der Waals surface area contributed by atoms with E-state index >= 15 is 0 Å². The fourth-order valence-corrected chi connectivity index (χ4v) is 10.2. The van der Waals surface area contributed by atoms with Crippen LogP contribution in [0.5, 0.6) is 11.5 Å². The molecule has 3 atom stereocenters. The number of sulfone groups is 1. The summed E-state index contributed by atoms with van der Waals surface area (Å²) >= 11 is 0. The van der Waals surface area contributed by atoms with Gasteiger partial charge in [0, 0.05) is 31.1 Å². The molecule has 11 heteroatoms. The van der Waals surface area contributed by atoms with Crippen LogP contribution in [0.2, 0.25) is 0 Å². The zero-order valence-electron chi connectivity index (χ0n) is 35.7. The Morgan fingerprint density at radius 3 is 1.86 bits per heavy atom. The molecule has 8 nitrogen and oxygen atoms in total. The van der Waals surface area contributed by atoms with Gasteiger partial charge in [-0.15, -0.1) is 0 Å². The number of halogens is 2. The van der Waals surface area contributed by atoms with E-state index in [1.165, 1.54) is 31.2 Å². The van der Waals surface area contributed by atoms with E-state index < -0.39 is 27.3 Å². The largest absolute Gasteiger partial charge is 1.00 e. The zero-order valence-corrected chi connectivity index (χ0v) is 40.8. The summed E-state index contributed by atoms with van der Waals surface area (Å²) in [6, 6.07) is 21.8. The number of unbranched alkanes of at least 4 members (excludes halogenated alkanes) is 4. The molecule has 0 unspecified atom stereocenters. The molecule has 0 radical (unpaired) electrons. The number of hydrogen-bond acceptors (Lipinski definition) is 6. The maximum atomic E-state index is 14.0. The molecule has 3 aromatic rings. The van der Waals surface area contributed by atoms with E-state index in [9.17, 15) is 13.5 Å². The average Bonchev–Trinajstić information content (AvgIpc) is 3.18. The van der Waals surface area contributed by atoms with E-state index in [4.69, 9.17) is 9.47 Å². The average molecular weight is 1040 g/mol. The lowest BCUT2D eigenvalue weighted by Crippen LogP contribution is -3.00. The van der Waals surface area contributed by atoms with Gasteiger partial charge < -0.3 is 76.4 Å². The second-order valence-electron chi connectivity index (χ2n) is 17.4. The van der Waals surface area contributed by atoms with Crippen LogP contribution in [-0.4, -0.2) is 116 Å². The number of likely N-dealkylation sites (N-methyl/N-ethyl adjacent to an activating group) is 2. The van der Waals surface area contributed by atoms with Crippen molar-refractivity contribution in [3.63, 3.8) is 0 Å². The quantitative estimate of drug-likeness (QED) is 0.101. The van der Waals surface area contributed by atoms with Crippen LogP contribution in [0.1, 0.15) is 95.2 Å². The van der Waals surface area contributed by atoms with Gasteiger partial charge in [0.25, 0.3) is 0 Å². The van der Waals surface area contributed by atoms with Crippen molar-refractivity contribution in [2.75, 3.05) is 92.3 Å². The molecule has 0 amide bonds. The number of benzene rings is 3. The summed E-state index contributed by atoms with van der Waals surface area (Å²) in [5.74, 6) is 1.15. The molecule has 1 heterocycles. The first-order valence-corrected chi connectivity index (χ1v) is 21.9. The first-order chi connectivity index (χ1) is 25.5. The number of aryl methyl sites for hydroxylation is 1. The number of quaternary nitrogens is 2. The third-order valence-electron chi connectivity index (χ3n) is 11.7. The minimum Gasteiger partial charge on any atom is -1.00 e. The van der Waals surface area contributed by atoms with Crippen LogP contribution in [0.15, 0.2) is 71.6 Å². The van der Waals surface area contributed by atoms with Gasteiger partial charge in [0.05, 0.1) is 58.0 Å². The van der Waals surface area contributed by atoms with Crippen LogP contribution >= 0.6 is 0 Å². The predicted octanol–water partition coefficient (Wildman–Crippen LogP) is 2.74. The van der Waals surface area contributed by atoms with Crippen molar-refractivity contribution in [3.8, 4) is 11.5 Å². The van der Waals surface area contributed by atoms with E-state index in [0.29, 0.717) is 29.9 Å². The molecule has 0 aliphatic carbocycles. The minimum atomic E-state index is -3.64. The van der Waals surface area contributed by atoms with Gasteiger partial charge in [0.2, 0.25) is 0 Å². The molecule has 0 aromatic heterocycles. The number of rotatable bonds is 21. The van der Waals surface area contributed by atoms with Crippen LogP contribution in [0.4, 0.5) is 5.69 Å². The second-order valence-corrected chi connectivity index (χ2v) is 19.3. The summed E-state index contributed by atoms with van der Waals surface area (Å²) < 4.78 is 42.3. The minimum absolute atomic E-state index is 0. The Balaban J connectivity index is 0.00000541. The monoisotopic (exact) mass is 1040 g/mol. The molecule has 3 aromatic carbocycles. The maximum absolute atomic E-state index is 14.0. The first-order valence-electron chi connectivity index (χ1n) is 20.3. The normalized spacial score (nSPS) is 18.8. The summed E-state index contributed by atoms with van der Waals surface area (Å²) in [6.45, 7) is 11.7. The zero-order chi connectivity index (χ0) is 39.6. The van der Waals surface area contributed by atoms with Crippen LogP contribution in [-0.2, 0) is 9.84 Å². The number of hydrogen-bond donors (Lipinski definition) is 1. The Hall–Kier alpha value is -1.65.